The van der Waals surface area contributed by atoms with Crippen LogP contribution in [0.3, 0.4) is 0 Å². The van der Waals surface area contributed by atoms with E-state index in [1.54, 1.807) is 6.20 Å². The Morgan fingerprint density at radius 1 is 1.19 bits per heavy atom. The van der Waals surface area contributed by atoms with Crippen LogP contribution >= 0.6 is 0 Å². The SMILES string of the molecule is N#Cc1ccc(N2CCCC(c3n[nH]c4cnc5[nH]ccc5c34)C2)nc1. The maximum absolute atomic E-state index is 8.95. The van der Waals surface area contributed by atoms with Crippen molar-refractivity contribution in [2.75, 3.05) is 18.0 Å². The minimum absolute atomic E-state index is 0.329. The van der Waals surface area contributed by atoms with Crippen molar-refractivity contribution >= 4 is 27.8 Å². The van der Waals surface area contributed by atoms with Gasteiger partial charge in [0, 0.05) is 42.2 Å². The molecule has 4 aromatic rings. The summed E-state index contributed by atoms with van der Waals surface area (Å²) in [5, 5.41) is 19.0. The summed E-state index contributed by atoms with van der Waals surface area (Å²) in [6.45, 7) is 1.84. The van der Waals surface area contributed by atoms with Gasteiger partial charge in [0.15, 0.2) is 0 Å². The minimum atomic E-state index is 0.329. The van der Waals surface area contributed by atoms with Crippen molar-refractivity contribution in [3.8, 4) is 6.07 Å². The molecule has 4 aromatic heterocycles. The Morgan fingerprint density at radius 3 is 3.00 bits per heavy atom. The summed E-state index contributed by atoms with van der Waals surface area (Å²) in [6.07, 6.45) is 7.58. The van der Waals surface area contributed by atoms with Gasteiger partial charge in [0.25, 0.3) is 0 Å². The number of hydrogen-bond acceptors (Lipinski definition) is 5. The minimum Gasteiger partial charge on any atom is -0.356 e. The molecule has 5 rings (SSSR count). The predicted octanol–water partition coefficient (Wildman–Crippen LogP) is 3.09. The van der Waals surface area contributed by atoms with Gasteiger partial charge in [0.1, 0.15) is 17.5 Å². The van der Waals surface area contributed by atoms with Crippen LogP contribution in [0.1, 0.15) is 30.0 Å². The molecule has 2 N–H and O–H groups in total. The lowest BCUT2D eigenvalue weighted by Gasteiger charge is -2.33. The first kappa shape index (κ1) is 14.9. The smallest absolute Gasteiger partial charge is 0.138 e. The van der Waals surface area contributed by atoms with Crippen molar-refractivity contribution in [1.29, 1.82) is 5.26 Å². The normalized spacial score (nSPS) is 17.7. The number of nitrogens with zero attached hydrogens (tertiary/aromatic N) is 5. The highest BCUT2D eigenvalue weighted by Crippen LogP contribution is 2.34. The highest BCUT2D eigenvalue weighted by atomic mass is 15.2. The van der Waals surface area contributed by atoms with Crippen LogP contribution in [0.5, 0.6) is 0 Å². The number of hydrogen-bond donors (Lipinski definition) is 2. The molecule has 7 heteroatoms. The zero-order chi connectivity index (χ0) is 17.5. The fourth-order valence-corrected chi connectivity index (χ4v) is 3.89. The van der Waals surface area contributed by atoms with Crippen LogP contribution in [0.4, 0.5) is 5.82 Å². The van der Waals surface area contributed by atoms with Gasteiger partial charge in [-0.3, -0.25) is 5.10 Å². The second kappa shape index (κ2) is 5.85. The Kier molecular flexibility index (Phi) is 3.35. The van der Waals surface area contributed by atoms with Crippen LogP contribution in [0.15, 0.2) is 36.8 Å². The number of anilines is 1. The number of aromatic nitrogens is 5. The number of aromatic amines is 2. The lowest BCUT2D eigenvalue weighted by Crippen LogP contribution is -2.35. The summed E-state index contributed by atoms with van der Waals surface area (Å²) < 4.78 is 0. The number of fused-ring (bicyclic) bond motifs is 3. The van der Waals surface area contributed by atoms with Gasteiger partial charge in [0.05, 0.1) is 23.0 Å². The van der Waals surface area contributed by atoms with Gasteiger partial charge in [-0.25, -0.2) is 9.97 Å². The van der Waals surface area contributed by atoms with E-state index in [0.29, 0.717) is 11.5 Å². The zero-order valence-electron chi connectivity index (χ0n) is 14.1. The van der Waals surface area contributed by atoms with Crippen molar-refractivity contribution in [2.45, 2.75) is 18.8 Å². The molecule has 0 aromatic carbocycles. The number of nitriles is 1. The summed E-state index contributed by atoms with van der Waals surface area (Å²) in [5.41, 5.74) is 3.55. The van der Waals surface area contributed by atoms with Crippen LogP contribution in [-0.4, -0.2) is 38.2 Å². The highest BCUT2D eigenvalue weighted by Gasteiger charge is 2.26. The van der Waals surface area contributed by atoms with Gasteiger partial charge in [-0.2, -0.15) is 10.4 Å². The second-order valence-electron chi connectivity index (χ2n) is 6.70. The third-order valence-electron chi connectivity index (χ3n) is 5.15. The topological polar surface area (TPSA) is 97.3 Å². The Morgan fingerprint density at radius 2 is 2.15 bits per heavy atom. The van der Waals surface area contributed by atoms with Crippen molar-refractivity contribution in [1.82, 2.24) is 25.1 Å². The monoisotopic (exact) mass is 343 g/mol. The summed E-state index contributed by atoms with van der Waals surface area (Å²) in [6, 6.07) is 7.93. The molecule has 1 atom stereocenters. The van der Waals surface area contributed by atoms with E-state index < -0.39 is 0 Å². The molecule has 1 fully saturated rings. The van der Waals surface area contributed by atoms with Gasteiger partial charge in [-0.05, 0) is 31.0 Å². The molecule has 1 aliphatic heterocycles. The van der Waals surface area contributed by atoms with E-state index in [-0.39, 0.29) is 0 Å². The Balaban J connectivity index is 1.51. The third-order valence-corrected chi connectivity index (χ3v) is 5.15. The molecular formula is C19H17N7. The molecule has 128 valence electrons. The lowest BCUT2D eigenvalue weighted by atomic mass is 9.92. The quantitative estimate of drug-likeness (QED) is 0.583. The first-order chi connectivity index (χ1) is 12.8. The molecule has 5 heterocycles. The van der Waals surface area contributed by atoms with Crippen molar-refractivity contribution in [2.24, 2.45) is 0 Å². The molecule has 7 nitrogen and oxygen atoms in total. The maximum atomic E-state index is 8.95. The summed E-state index contributed by atoms with van der Waals surface area (Å²) in [5.74, 6) is 1.25. The molecule has 1 saturated heterocycles. The van der Waals surface area contributed by atoms with Crippen LogP contribution in [0, 0.1) is 11.3 Å². The highest BCUT2D eigenvalue weighted by molar-refractivity contribution is 6.04. The number of piperidine rings is 1. The average molecular weight is 343 g/mol. The van der Waals surface area contributed by atoms with Crippen LogP contribution < -0.4 is 4.90 Å². The Labute approximate surface area is 149 Å². The van der Waals surface area contributed by atoms with Crippen molar-refractivity contribution in [3.63, 3.8) is 0 Å². The van der Waals surface area contributed by atoms with Crippen molar-refractivity contribution < 1.29 is 0 Å². The lowest BCUT2D eigenvalue weighted by molar-refractivity contribution is 0.500. The molecule has 0 spiro atoms. The maximum Gasteiger partial charge on any atom is 0.138 e. The predicted molar refractivity (Wildman–Crippen MR) is 98.9 cm³/mol. The number of H-pyrrole nitrogens is 2. The van der Waals surface area contributed by atoms with E-state index in [0.717, 1.165) is 59.4 Å². The summed E-state index contributed by atoms with van der Waals surface area (Å²) in [4.78, 5) is 14.3. The van der Waals surface area contributed by atoms with Gasteiger partial charge in [-0.1, -0.05) is 0 Å². The molecule has 0 saturated carbocycles. The van der Waals surface area contributed by atoms with E-state index in [4.69, 9.17) is 5.26 Å². The summed E-state index contributed by atoms with van der Waals surface area (Å²) in [7, 11) is 0. The molecule has 0 bridgehead atoms. The van der Waals surface area contributed by atoms with Crippen LogP contribution in [-0.2, 0) is 0 Å². The van der Waals surface area contributed by atoms with Gasteiger partial charge < -0.3 is 9.88 Å². The fraction of sp³-hybridized carbons (Fsp3) is 0.263. The van der Waals surface area contributed by atoms with Crippen LogP contribution in [0.2, 0.25) is 0 Å². The van der Waals surface area contributed by atoms with E-state index in [1.165, 1.54) is 0 Å². The van der Waals surface area contributed by atoms with Gasteiger partial charge in [-0.15, -0.1) is 0 Å². The fourth-order valence-electron chi connectivity index (χ4n) is 3.89. The average Bonchev–Trinajstić information content (AvgIpc) is 3.34. The second-order valence-corrected chi connectivity index (χ2v) is 6.70. The van der Waals surface area contributed by atoms with Crippen LogP contribution in [0.25, 0.3) is 21.9 Å². The Bertz CT molecular complexity index is 1120. The number of rotatable bonds is 2. The first-order valence-electron chi connectivity index (χ1n) is 8.74. The number of pyridine rings is 2. The molecule has 1 aliphatic rings. The molecule has 0 amide bonds. The van der Waals surface area contributed by atoms with Gasteiger partial charge in [0.2, 0.25) is 0 Å². The Hall–Kier alpha value is -3.40. The van der Waals surface area contributed by atoms with Gasteiger partial charge >= 0.3 is 0 Å². The summed E-state index contributed by atoms with van der Waals surface area (Å²) >= 11 is 0. The first-order valence-corrected chi connectivity index (χ1v) is 8.74. The van der Waals surface area contributed by atoms with E-state index >= 15 is 0 Å². The zero-order valence-corrected chi connectivity index (χ0v) is 14.1. The standard InChI is InChI=1S/C19H17N7/c20-8-12-3-4-16(22-9-12)26-7-1-2-13(11-26)18-17-14-5-6-21-19(14)23-10-15(17)24-25-18/h3-6,9-10,13H,1-2,7,11H2,(H,21,23)(H,24,25). The molecule has 0 radical (unpaired) electrons. The van der Waals surface area contributed by atoms with E-state index in [1.807, 2.05) is 24.5 Å². The third kappa shape index (κ3) is 2.30. The van der Waals surface area contributed by atoms with Crippen molar-refractivity contribution in [3.05, 3.63) is 48.0 Å². The largest absolute Gasteiger partial charge is 0.356 e. The van der Waals surface area contributed by atoms with E-state index in [9.17, 15) is 0 Å². The molecular weight excluding hydrogens is 326 g/mol. The molecule has 0 aliphatic carbocycles. The van der Waals surface area contributed by atoms with E-state index in [2.05, 4.69) is 42.2 Å². The molecule has 26 heavy (non-hydrogen) atoms. The molecule has 1 unspecified atom stereocenters. The number of nitrogens with one attached hydrogen (secondary N) is 2.